The minimum Gasteiger partial charge on any atom is -0.351 e. The third kappa shape index (κ3) is 3.31. The Morgan fingerprint density at radius 3 is 2.52 bits per heavy atom. The van der Waals surface area contributed by atoms with Crippen LogP contribution in [0.15, 0.2) is 36.5 Å². The van der Waals surface area contributed by atoms with Crippen LogP contribution in [-0.2, 0) is 0 Å². The summed E-state index contributed by atoms with van der Waals surface area (Å²) in [5, 5.41) is 3.42. The zero-order chi connectivity index (χ0) is 14.5. The first kappa shape index (κ1) is 13.8. The maximum atomic E-state index is 5.62. The molecule has 1 aliphatic rings. The van der Waals surface area contributed by atoms with Gasteiger partial charge < -0.3 is 10.7 Å². The molecule has 0 spiro atoms. The Hall–Kier alpha value is -2.14. The first-order chi connectivity index (χ1) is 10.4. The molecule has 0 unspecified atom stereocenters. The maximum Gasteiger partial charge on any atom is 0.224 e. The topological polar surface area (TPSA) is 75.9 Å². The molecule has 0 aliphatic heterocycles. The van der Waals surface area contributed by atoms with Gasteiger partial charge in [-0.1, -0.05) is 49.6 Å². The molecule has 3 rings (SSSR count). The molecule has 110 valence electrons. The first-order valence-corrected chi connectivity index (χ1v) is 7.52. The van der Waals surface area contributed by atoms with Crippen LogP contribution < -0.4 is 16.6 Å². The monoisotopic (exact) mass is 283 g/mol. The molecule has 4 N–H and O–H groups in total. The van der Waals surface area contributed by atoms with Gasteiger partial charge in [-0.2, -0.15) is 4.98 Å². The number of nitrogen functional groups attached to an aromatic ring is 1. The van der Waals surface area contributed by atoms with Crippen LogP contribution in [0.2, 0.25) is 0 Å². The number of hydrogen-bond acceptors (Lipinski definition) is 5. The van der Waals surface area contributed by atoms with Gasteiger partial charge in [0.1, 0.15) is 0 Å². The van der Waals surface area contributed by atoms with Crippen molar-refractivity contribution in [3.05, 3.63) is 36.5 Å². The first-order valence-electron chi connectivity index (χ1n) is 7.52. The second-order valence-corrected chi connectivity index (χ2v) is 5.45. The Labute approximate surface area is 125 Å². The van der Waals surface area contributed by atoms with Crippen LogP contribution in [0.5, 0.6) is 0 Å². The molecular formula is C16H21N5. The lowest BCUT2D eigenvalue weighted by molar-refractivity contribution is 0.461. The van der Waals surface area contributed by atoms with Crippen molar-refractivity contribution in [3.8, 4) is 11.1 Å². The largest absolute Gasteiger partial charge is 0.351 e. The van der Waals surface area contributed by atoms with E-state index in [0.717, 1.165) is 11.1 Å². The number of nitrogens with zero attached hydrogens (tertiary/aromatic N) is 2. The molecule has 0 saturated heterocycles. The van der Waals surface area contributed by atoms with E-state index in [2.05, 4.69) is 20.7 Å². The Morgan fingerprint density at radius 2 is 1.81 bits per heavy atom. The maximum absolute atomic E-state index is 5.62. The quantitative estimate of drug-likeness (QED) is 0.593. The van der Waals surface area contributed by atoms with Crippen LogP contribution in [0.25, 0.3) is 11.1 Å². The molecule has 1 aromatic carbocycles. The summed E-state index contributed by atoms with van der Waals surface area (Å²) in [6.45, 7) is 0. The third-order valence-electron chi connectivity index (χ3n) is 3.95. The molecular weight excluding hydrogens is 262 g/mol. The van der Waals surface area contributed by atoms with Crippen molar-refractivity contribution in [1.29, 1.82) is 0 Å². The second kappa shape index (κ2) is 6.54. The minimum absolute atomic E-state index is 0.479. The predicted octanol–water partition coefficient (Wildman–Crippen LogP) is 3.17. The van der Waals surface area contributed by atoms with Gasteiger partial charge in [-0.3, -0.25) is 0 Å². The highest BCUT2D eigenvalue weighted by Gasteiger charge is 2.15. The van der Waals surface area contributed by atoms with Gasteiger partial charge in [-0.15, -0.1) is 0 Å². The minimum atomic E-state index is 0.479. The normalized spacial score (nSPS) is 15.7. The molecule has 1 aliphatic carbocycles. The summed E-state index contributed by atoms with van der Waals surface area (Å²) in [5.41, 5.74) is 4.64. The molecule has 0 amide bonds. The van der Waals surface area contributed by atoms with E-state index < -0.39 is 0 Å². The molecule has 5 nitrogen and oxygen atoms in total. The fourth-order valence-corrected chi connectivity index (χ4v) is 2.82. The van der Waals surface area contributed by atoms with E-state index >= 15 is 0 Å². The van der Waals surface area contributed by atoms with E-state index in [1.807, 2.05) is 36.5 Å². The summed E-state index contributed by atoms with van der Waals surface area (Å²) in [7, 11) is 0. The fraction of sp³-hybridized carbons (Fsp3) is 0.375. The molecule has 5 heteroatoms. The Morgan fingerprint density at radius 1 is 1.05 bits per heavy atom. The smallest absolute Gasteiger partial charge is 0.224 e. The number of aromatic nitrogens is 2. The third-order valence-corrected chi connectivity index (χ3v) is 3.95. The lowest BCUT2D eigenvalue weighted by Gasteiger charge is -2.23. The van der Waals surface area contributed by atoms with E-state index in [-0.39, 0.29) is 0 Å². The van der Waals surface area contributed by atoms with Crippen LogP contribution in [0.4, 0.5) is 11.8 Å². The summed E-state index contributed by atoms with van der Waals surface area (Å²) in [5.74, 6) is 6.92. The van der Waals surface area contributed by atoms with Crippen LogP contribution in [0.3, 0.4) is 0 Å². The molecule has 0 radical (unpaired) electrons. The molecule has 1 aromatic heterocycles. The molecule has 0 bridgehead atoms. The second-order valence-electron chi connectivity index (χ2n) is 5.45. The van der Waals surface area contributed by atoms with Crippen LogP contribution in [-0.4, -0.2) is 16.0 Å². The van der Waals surface area contributed by atoms with Crippen molar-refractivity contribution < 1.29 is 0 Å². The van der Waals surface area contributed by atoms with Crippen LogP contribution >= 0.6 is 0 Å². The molecule has 1 heterocycles. The van der Waals surface area contributed by atoms with Gasteiger partial charge in [-0.05, 0) is 18.4 Å². The van der Waals surface area contributed by atoms with Crippen molar-refractivity contribution in [3.63, 3.8) is 0 Å². The number of rotatable bonds is 4. The molecule has 2 aromatic rings. The molecule has 1 fully saturated rings. The highest BCUT2D eigenvalue weighted by molar-refractivity contribution is 5.74. The Balaban J connectivity index is 1.81. The standard InChI is InChI=1S/C16H21N5/c17-21-15-14(12-7-3-1-4-8-12)11-18-16(20-15)19-13-9-5-2-6-10-13/h1,3-4,7-8,11,13H,2,5-6,9-10,17H2,(H2,18,19,20,21). The summed E-state index contributed by atoms with van der Waals surface area (Å²) < 4.78 is 0. The number of hydrogen-bond donors (Lipinski definition) is 3. The SMILES string of the molecule is NNc1nc(NC2CCCCC2)ncc1-c1ccccc1. The fourth-order valence-electron chi connectivity index (χ4n) is 2.82. The summed E-state index contributed by atoms with van der Waals surface area (Å²) in [6.07, 6.45) is 8.10. The van der Waals surface area contributed by atoms with E-state index in [0.29, 0.717) is 17.8 Å². The number of benzene rings is 1. The van der Waals surface area contributed by atoms with E-state index in [4.69, 9.17) is 5.84 Å². The van der Waals surface area contributed by atoms with Gasteiger partial charge in [0.05, 0.1) is 0 Å². The van der Waals surface area contributed by atoms with E-state index in [9.17, 15) is 0 Å². The Kier molecular flexibility index (Phi) is 4.31. The predicted molar refractivity (Wildman–Crippen MR) is 85.8 cm³/mol. The Bertz CT molecular complexity index is 578. The average Bonchev–Trinajstić information content (AvgIpc) is 2.56. The molecule has 21 heavy (non-hydrogen) atoms. The number of nitrogens with one attached hydrogen (secondary N) is 2. The summed E-state index contributed by atoms with van der Waals surface area (Å²) in [4.78, 5) is 8.94. The van der Waals surface area contributed by atoms with Crippen molar-refractivity contribution in [2.24, 2.45) is 5.84 Å². The van der Waals surface area contributed by atoms with Crippen molar-refractivity contribution in [2.75, 3.05) is 10.7 Å². The molecule has 0 atom stereocenters. The lowest BCUT2D eigenvalue weighted by atomic mass is 9.96. The zero-order valence-electron chi connectivity index (χ0n) is 12.0. The van der Waals surface area contributed by atoms with Crippen molar-refractivity contribution in [2.45, 2.75) is 38.1 Å². The van der Waals surface area contributed by atoms with Crippen LogP contribution in [0.1, 0.15) is 32.1 Å². The highest BCUT2D eigenvalue weighted by Crippen LogP contribution is 2.27. The number of hydrazine groups is 1. The lowest BCUT2D eigenvalue weighted by Crippen LogP contribution is -2.24. The van der Waals surface area contributed by atoms with Gasteiger partial charge in [0.15, 0.2) is 5.82 Å². The summed E-state index contributed by atoms with van der Waals surface area (Å²) >= 11 is 0. The number of nitrogens with two attached hydrogens (primary N) is 1. The van der Waals surface area contributed by atoms with Gasteiger partial charge in [-0.25, -0.2) is 10.8 Å². The van der Waals surface area contributed by atoms with Crippen molar-refractivity contribution in [1.82, 2.24) is 9.97 Å². The van der Waals surface area contributed by atoms with E-state index in [1.165, 1.54) is 32.1 Å². The van der Waals surface area contributed by atoms with Gasteiger partial charge in [0.2, 0.25) is 5.95 Å². The highest BCUT2D eigenvalue weighted by atomic mass is 15.3. The van der Waals surface area contributed by atoms with Gasteiger partial charge >= 0.3 is 0 Å². The molecule has 1 saturated carbocycles. The summed E-state index contributed by atoms with van der Waals surface area (Å²) in [6, 6.07) is 10.5. The van der Waals surface area contributed by atoms with Gasteiger partial charge in [0.25, 0.3) is 0 Å². The van der Waals surface area contributed by atoms with Crippen LogP contribution in [0, 0.1) is 0 Å². The van der Waals surface area contributed by atoms with Gasteiger partial charge in [0, 0.05) is 17.8 Å². The number of anilines is 2. The van der Waals surface area contributed by atoms with Crippen molar-refractivity contribution >= 4 is 11.8 Å². The zero-order valence-corrected chi connectivity index (χ0v) is 12.0. The van der Waals surface area contributed by atoms with E-state index in [1.54, 1.807) is 0 Å². The average molecular weight is 283 g/mol.